The number of anilines is 1. The smallest absolute Gasteiger partial charge is 0.175 e. The third-order valence-corrected chi connectivity index (χ3v) is 6.44. The van der Waals surface area contributed by atoms with Crippen LogP contribution < -0.4 is 5.73 Å². The molecule has 2 heterocycles. The summed E-state index contributed by atoms with van der Waals surface area (Å²) < 4.78 is 24.4. The topological polar surface area (TPSA) is 73.0 Å². The zero-order valence-corrected chi connectivity index (χ0v) is 15.6. The van der Waals surface area contributed by atoms with Gasteiger partial charge in [-0.1, -0.05) is 42.5 Å². The maximum Gasteiger partial charge on any atom is 0.175 e. The van der Waals surface area contributed by atoms with Crippen LogP contribution in [0.4, 0.5) is 5.82 Å². The molecule has 0 aliphatic carbocycles. The van der Waals surface area contributed by atoms with E-state index in [9.17, 15) is 8.42 Å². The highest BCUT2D eigenvalue weighted by Crippen LogP contribution is 2.41. The molecule has 0 radical (unpaired) electrons. The standard InChI is InChI=1S/C20H16N2O2S2/c1-26(23,24)15-9-7-14(8-10-15)16-11-22-20(21)18-17(12-25-19(16)18)13-5-3-2-4-6-13/h2-12H,1H3,(H2,21,22). The van der Waals surface area contributed by atoms with Crippen LogP contribution in [0, 0.1) is 0 Å². The van der Waals surface area contributed by atoms with Crippen LogP contribution in [0.2, 0.25) is 0 Å². The minimum Gasteiger partial charge on any atom is -0.383 e. The molecule has 0 unspecified atom stereocenters. The van der Waals surface area contributed by atoms with Gasteiger partial charge in [-0.15, -0.1) is 11.3 Å². The Kier molecular flexibility index (Phi) is 4.01. The Balaban J connectivity index is 1.90. The second-order valence-corrected chi connectivity index (χ2v) is 8.97. The molecule has 2 aromatic heterocycles. The van der Waals surface area contributed by atoms with E-state index in [4.69, 9.17) is 5.73 Å². The first-order chi connectivity index (χ1) is 12.4. The van der Waals surface area contributed by atoms with Gasteiger partial charge in [-0.2, -0.15) is 0 Å². The van der Waals surface area contributed by atoms with Crippen LogP contribution in [0.15, 0.2) is 71.1 Å². The number of nitrogen functional groups attached to an aromatic ring is 1. The summed E-state index contributed by atoms with van der Waals surface area (Å²) >= 11 is 1.62. The summed E-state index contributed by atoms with van der Waals surface area (Å²) in [6.45, 7) is 0. The highest BCUT2D eigenvalue weighted by Gasteiger charge is 2.15. The summed E-state index contributed by atoms with van der Waals surface area (Å²) in [5, 5.41) is 3.03. The zero-order valence-electron chi connectivity index (χ0n) is 14.0. The summed E-state index contributed by atoms with van der Waals surface area (Å²) in [6, 6.07) is 16.9. The summed E-state index contributed by atoms with van der Waals surface area (Å²) in [5.41, 5.74) is 10.2. The number of hydrogen-bond donors (Lipinski definition) is 1. The lowest BCUT2D eigenvalue weighted by atomic mass is 10.0. The van der Waals surface area contributed by atoms with Gasteiger partial charge < -0.3 is 5.73 Å². The van der Waals surface area contributed by atoms with Crippen molar-refractivity contribution in [1.29, 1.82) is 0 Å². The van der Waals surface area contributed by atoms with Crippen molar-refractivity contribution >= 4 is 37.1 Å². The van der Waals surface area contributed by atoms with Crippen LogP contribution in [0.5, 0.6) is 0 Å². The van der Waals surface area contributed by atoms with E-state index in [0.717, 1.165) is 32.3 Å². The number of thiophene rings is 1. The third kappa shape index (κ3) is 2.87. The number of fused-ring (bicyclic) bond motifs is 1. The average Bonchev–Trinajstić information content (AvgIpc) is 3.08. The quantitative estimate of drug-likeness (QED) is 0.563. The van der Waals surface area contributed by atoms with E-state index in [1.165, 1.54) is 6.26 Å². The highest BCUT2D eigenvalue weighted by molar-refractivity contribution is 7.90. The van der Waals surface area contributed by atoms with Crippen molar-refractivity contribution in [2.45, 2.75) is 4.90 Å². The fourth-order valence-corrected chi connectivity index (χ4v) is 4.74. The highest BCUT2D eigenvalue weighted by atomic mass is 32.2. The predicted octanol–water partition coefficient (Wildman–Crippen LogP) is 4.62. The fraction of sp³-hybridized carbons (Fsp3) is 0.0500. The maximum atomic E-state index is 11.7. The zero-order chi connectivity index (χ0) is 18.3. The molecule has 0 atom stereocenters. The molecule has 4 rings (SSSR count). The number of hydrogen-bond acceptors (Lipinski definition) is 5. The lowest BCUT2D eigenvalue weighted by Crippen LogP contribution is -1.96. The van der Waals surface area contributed by atoms with Crippen molar-refractivity contribution in [2.75, 3.05) is 12.0 Å². The number of rotatable bonds is 3. The van der Waals surface area contributed by atoms with E-state index >= 15 is 0 Å². The Labute approximate surface area is 155 Å². The second kappa shape index (κ2) is 6.23. The van der Waals surface area contributed by atoms with Crippen LogP contribution in [-0.4, -0.2) is 19.7 Å². The largest absolute Gasteiger partial charge is 0.383 e. The number of nitrogens with two attached hydrogens (primary N) is 1. The van der Waals surface area contributed by atoms with Gasteiger partial charge in [0.1, 0.15) is 5.82 Å². The SMILES string of the molecule is CS(=O)(=O)c1ccc(-c2cnc(N)c3c(-c4ccccc4)csc23)cc1. The van der Waals surface area contributed by atoms with Crippen molar-refractivity contribution in [3.63, 3.8) is 0 Å². The van der Waals surface area contributed by atoms with Gasteiger partial charge in [-0.05, 0) is 28.6 Å². The summed E-state index contributed by atoms with van der Waals surface area (Å²) in [7, 11) is -3.22. The Morgan fingerprint density at radius 1 is 0.923 bits per heavy atom. The molecule has 26 heavy (non-hydrogen) atoms. The molecule has 0 amide bonds. The molecular formula is C20H16N2O2S2. The van der Waals surface area contributed by atoms with E-state index in [0.29, 0.717) is 10.7 Å². The van der Waals surface area contributed by atoms with Gasteiger partial charge in [0.2, 0.25) is 0 Å². The Morgan fingerprint density at radius 2 is 1.58 bits per heavy atom. The lowest BCUT2D eigenvalue weighted by Gasteiger charge is -2.07. The van der Waals surface area contributed by atoms with Gasteiger partial charge in [0.15, 0.2) is 9.84 Å². The summed E-state index contributed by atoms with van der Waals surface area (Å²) in [4.78, 5) is 4.68. The molecule has 130 valence electrons. The minimum atomic E-state index is -3.22. The molecule has 0 spiro atoms. The van der Waals surface area contributed by atoms with Crippen molar-refractivity contribution in [3.05, 3.63) is 66.2 Å². The van der Waals surface area contributed by atoms with Crippen molar-refractivity contribution in [1.82, 2.24) is 4.98 Å². The normalized spacial score (nSPS) is 11.7. The van der Waals surface area contributed by atoms with Crippen LogP contribution in [0.1, 0.15) is 0 Å². The fourth-order valence-electron chi connectivity index (χ4n) is 2.99. The lowest BCUT2D eigenvalue weighted by molar-refractivity contribution is 0.602. The molecule has 6 heteroatoms. The molecular weight excluding hydrogens is 364 g/mol. The van der Waals surface area contributed by atoms with Crippen molar-refractivity contribution in [3.8, 4) is 22.3 Å². The number of benzene rings is 2. The Hall–Kier alpha value is -2.70. The van der Waals surface area contributed by atoms with Crippen molar-refractivity contribution < 1.29 is 8.42 Å². The third-order valence-electron chi connectivity index (χ3n) is 4.30. The Bertz CT molecular complexity index is 1200. The predicted molar refractivity (Wildman–Crippen MR) is 108 cm³/mol. The van der Waals surface area contributed by atoms with Crippen LogP contribution >= 0.6 is 11.3 Å². The maximum absolute atomic E-state index is 11.7. The minimum absolute atomic E-state index is 0.303. The number of pyridine rings is 1. The number of sulfone groups is 1. The number of aromatic nitrogens is 1. The molecule has 0 saturated carbocycles. The molecule has 0 aliphatic heterocycles. The molecule has 0 bridgehead atoms. The van der Waals surface area contributed by atoms with Crippen LogP contribution in [0.3, 0.4) is 0 Å². The first-order valence-corrected chi connectivity index (χ1v) is 10.7. The van der Waals surface area contributed by atoms with Gasteiger partial charge in [0, 0.05) is 33.7 Å². The van der Waals surface area contributed by atoms with E-state index in [1.54, 1.807) is 29.7 Å². The average molecular weight is 380 g/mol. The second-order valence-electron chi connectivity index (χ2n) is 6.07. The van der Waals surface area contributed by atoms with E-state index in [1.807, 2.05) is 30.3 Å². The van der Waals surface area contributed by atoms with E-state index in [2.05, 4.69) is 22.5 Å². The molecule has 0 saturated heterocycles. The molecule has 0 fully saturated rings. The van der Waals surface area contributed by atoms with Gasteiger partial charge >= 0.3 is 0 Å². The van der Waals surface area contributed by atoms with Gasteiger partial charge in [-0.25, -0.2) is 13.4 Å². The molecule has 2 N–H and O–H groups in total. The number of nitrogens with zero attached hydrogens (tertiary/aromatic N) is 1. The first kappa shape index (κ1) is 16.8. The van der Waals surface area contributed by atoms with Gasteiger partial charge in [0.25, 0.3) is 0 Å². The molecule has 4 aromatic rings. The Morgan fingerprint density at radius 3 is 2.23 bits per heavy atom. The summed E-state index contributed by atoms with van der Waals surface area (Å²) in [6.07, 6.45) is 2.95. The van der Waals surface area contributed by atoms with E-state index < -0.39 is 9.84 Å². The summed E-state index contributed by atoms with van der Waals surface area (Å²) in [5.74, 6) is 0.497. The van der Waals surface area contributed by atoms with E-state index in [-0.39, 0.29) is 0 Å². The molecule has 4 nitrogen and oxygen atoms in total. The first-order valence-electron chi connectivity index (χ1n) is 7.97. The molecule has 2 aromatic carbocycles. The van der Waals surface area contributed by atoms with Gasteiger partial charge in [0.05, 0.1) is 4.90 Å². The van der Waals surface area contributed by atoms with Crippen LogP contribution in [0.25, 0.3) is 32.3 Å². The van der Waals surface area contributed by atoms with Crippen LogP contribution in [-0.2, 0) is 9.84 Å². The monoisotopic (exact) mass is 380 g/mol. The van der Waals surface area contributed by atoms with Crippen molar-refractivity contribution in [2.24, 2.45) is 0 Å². The van der Waals surface area contributed by atoms with Gasteiger partial charge in [-0.3, -0.25) is 0 Å². The molecule has 0 aliphatic rings.